The fourth-order valence-corrected chi connectivity index (χ4v) is 3.51. The molecule has 0 unspecified atom stereocenters. The maximum atomic E-state index is 11.3. The van der Waals surface area contributed by atoms with Crippen molar-refractivity contribution in [1.29, 1.82) is 0 Å². The number of aliphatic carboxylic acids is 1. The Morgan fingerprint density at radius 3 is 2.64 bits per heavy atom. The highest BCUT2D eigenvalue weighted by atomic mass is 32.1. The van der Waals surface area contributed by atoms with Gasteiger partial charge in [-0.15, -0.1) is 11.3 Å². The monoisotopic (exact) mass is 356 g/mol. The molecule has 1 atom stereocenters. The van der Waals surface area contributed by atoms with E-state index in [1.165, 1.54) is 0 Å². The predicted molar refractivity (Wildman–Crippen MR) is 101 cm³/mol. The van der Waals surface area contributed by atoms with Crippen molar-refractivity contribution in [2.24, 2.45) is 0 Å². The van der Waals surface area contributed by atoms with Crippen molar-refractivity contribution in [3.05, 3.63) is 41.5 Å². The SMILES string of the molecule is C[C@H](Nc1nc(CN(C)C)nc2scc(-c3ccccc3)c12)C(=O)O. The molecule has 3 aromatic rings. The molecular formula is C18H20N4O2S. The molecule has 2 aromatic heterocycles. The quantitative estimate of drug-likeness (QED) is 0.705. The van der Waals surface area contributed by atoms with E-state index in [4.69, 9.17) is 0 Å². The van der Waals surface area contributed by atoms with Crippen LogP contribution in [0.1, 0.15) is 12.7 Å². The number of nitrogens with zero attached hydrogens (tertiary/aromatic N) is 3. The first kappa shape index (κ1) is 17.3. The van der Waals surface area contributed by atoms with Gasteiger partial charge in [0.1, 0.15) is 22.5 Å². The molecule has 0 bridgehead atoms. The number of nitrogens with one attached hydrogen (secondary N) is 1. The standard InChI is InChI=1S/C18H20N4O2S/c1-11(18(23)24)19-16-15-13(12-7-5-4-6-8-12)10-25-17(15)21-14(20-16)9-22(2)3/h4-8,10-11H,9H2,1-3H3,(H,23,24)(H,19,20,21)/t11-/m0/s1. The lowest BCUT2D eigenvalue weighted by atomic mass is 10.1. The number of anilines is 1. The van der Waals surface area contributed by atoms with Gasteiger partial charge in [-0.1, -0.05) is 30.3 Å². The number of rotatable bonds is 6. The van der Waals surface area contributed by atoms with E-state index in [-0.39, 0.29) is 0 Å². The average molecular weight is 356 g/mol. The Hall–Kier alpha value is -2.51. The minimum atomic E-state index is -0.919. The number of fused-ring (bicyclic) bond motifs is 1. The van der Waals surface area contributed by atoms with Gasteiger partial charge in [0.15, 0.2) is 0 Å². The van der Waals surface area contributed by atoms with E-state index >= 15 is 0 Å². The number of thiophene rings is 1. The number of hydrogen-bond acceptors (Lipinski definition) is 6. The third-order valence-corrected chi connectivity index (χ3v) is 4.62. The van der Waals surface area contributed by atoms with Gasteiger partial charge in [-0.2, -0.15) is 0 Å². The van der Waals surface area contributed by atoms with Crippen LogP contribution in [0.25, 0.3) is 21.3 Å². The lowest BCUT2D eigenvalue weighted by molar-refractivity contribution is -0.137. The van der Waals surface area contributed by atoms with Crippen molar-refractivity contribution in [3.8, 4) is 11.1 Å². The second-order valence-electron chi connectivity index (χ2n) is 6.13. The Kier molecular flexibility index (Phi) is 4.96. The maximum absolute atomic E-state index is 11.3. The minimum absolute atomic E-state index is 0.567. The zero-order valence-corrected chi connectivity index (χ0v) is 15.2. The van der Waals surface area contributed by atoms with Crippen molar-refractivity contribution in [2.45, 2.75) is 19.5 Å². The smallest absolute Gasteiger partial charge is 0.325 e. The normalized spacial score (nSPS) is 12.5. The molecular weight excluding hydrogens is 336 g/mol. The molecule has 0 saturated heterocycles. The van der Waals surface area contributed by atoms with Crippen molar-refractivity contribution >= 4 is 33.3 Å². The van der Waals surface area contributed by atoms with Gasteiger partial charge >= 0.3 is 5.97 Å². The number of hydrogen-bond donors (Lipinski definition) is 2. The molecule has 1 aromatic carbocycles. The van der Waals surface area contributed by atoms with Crippen LogP contribution in [-0.4, -0.2) is 46.1 Å². The van der Waals surface area contributed by atoms with Crippen LogP contribution in [-0.2, 0) is 11.3 Å². The summed E-state index contributed by atoms with van der Waals surface area (Å²) in [6.07, 6.45) is 0. The van der Waals surface area contributed by atoms with E-state index in [0.29, 0.717) is 18.2 Å². The third kappa shape index (κ3) is 3.78. The molecule has 6 nitrogen and oxygen atoms in total. The first-order valence-corrected chi connectivity index (χ1v) is 8.81. The van der Waals surface area contributed by atoms with E-state index in [1.54, 1.807) is 18.3 Å². The van der Waals surface area contributed by atoms with Gasteiger partial charge < -0.3 is 15.3 Å². The second-order valence-corrected chi connectivity index (χ2v) is 6.98. The molecule has 2 N–H and O–H groups in total. The first-order chi connectivity index (χ1) is 12.0. The summed E-state index contributed by atoms with van der Waals surface area (Å²) in [5, 5.41) is 15.2. The van der Waals surface area contributed by atoms with Gasteiger partial charge in [-0.05, 0) is 26.6 Å². The number of aromatic nitrogens is 2. The molecule has 130 valence electrons. The summed E-state index contributed by atoms with van der Waals surface area (Å²) in [5.41, 5.74) is 2.07. The fraction of sp³-hybridized carbons (Fsp3) is 0.278. The number of carboxylic acid groups (broad SMARTS) is 1. The number of carbonyl (C=O) groups is 1. The fourth-order valence-electron chi connectivity index (χ4n) is 2.54. The zero-order valence-electron chi connectivity index (χ0n) is 14.4. The molecule has 0 aliphatic carbocycles. The second kappa shape index (κ2) is 7.16. The Labute approximate surface area is 150 Å². The maximum Gasteiger partial charge on any atom is 0.325 e. The van der Waals surface area contributed by atoms with Crippen LogP contribution in [0.2, 0.25) is 0 Å². The zero-order chi connectivity index (χ0) is 18.0. The number of carboxylic acids is 1. The Morgan fingerprint density at radius 2 is 2.00 bits per heavy atom. The van der Waals surface area contributed by atoms with Gasteiger partial charge in [0.2, 0.25) is 0 Å². The summed E-state index contributed by atoms with van der Waals surface area (Å²) in [6.45, 7) is 2.20. The summed E-state index contributed by atoms with van der Waals surface area (Å²) in [7, 11) is 3.90. The highest BCUT2D eigenvalue weighted by Gasteiger charge is 2.19. The molecule has 25 heavy (non-hydrogen) atoms. The van der Waals surface area contributed by atoms with Gasteiger partial charge in [-0.25, -0.2) is 9.97 Å². The van der Waals surface area contributed by atoms with Gasteiger partial charge in [0.05, 0.1) is 11.9 Å². The predicted octanol–water partition coefficient (Wildman–Crippen LogP) is 3.30. The minimum Gasteiger partial charge on any atom is -0.480 e. The van der Waals surface area contributed by atoms with E-state index < -0.39 is 12.0 Å². The molecule has 0 fully saturated rings. The molecule has 0 aliphatic heterocycles. The highest BCUT2D eigenvalue weighted by Crippen LogP contribution is 2.37. The molecule has 0 spiro atoms. The lowest BCUT2D eigenvalue weighted by Gasteiger charge is -2.15. The van der Waals surface area contributed by atoms with Crippen LogP contribution < -0.4 is 5.32 Å². The topological polar surface area (TPSA) is 78.4 Å². The van der Waals surface area contributed by atoms with E-state index in [0.717, 1.165) is 21.3 Å². The van der Waals surface area contributed by atoms with Crippen molar-refractivity contribution in [1.82, 2.24) is 14.9 Å². The summed E-state index contributed by atoms with van der Waals surface area (Å²) < 4.78 is 0. The lowest BCUT2D eigenvalue weighted by Crippen LogP contribution is -2.26. The molecule has 2 heterocycles. The molecule has 0 radical (unpaired) electrons. The van der Waals surface area contributed by atoms with Crippen LogP contribution in [0.5, 0.6) is 0 Å². The molecule has 0 aliphatic rings. The summed E-state index contributed by atoms with van der Waals surface area (Å²) in [5.74, 6) is 0.313. The summed E-state index contributed by atoms with van der Waals surface area (Å²) in [4.78, 5) is 23.4. The van der Waals surface area contributed by atoms with Gasteiger partial charge in [0, 0.05) is 10.9 Å². The van der Waals surface area contributed by atoms with Crippen LogP contribution in [0.3, 0.4) is 0 Å². The Bertz CT molecular complexity index is 893. The molecule has 0 amide bonds. The summed E-state index contributed by atoms with van der Waals surface area (Å²) >= 11 is 1.54. The van der Waals surface area contributed by atoms with Crippen molar-refractivity contribution < 1.29 is 9.90 Å². The van der Waals surface area contributed by atoms with Crippen LogP contribution >= 0.6 is 11.3 Å². The summed E-state index contributed by atoms with van der Waals surface area (Å²) in [6, 6.07) is 9.24. The van der Waals surface area contributed by atoms with Crippen LogP contribution in [0, 0.1) is 0 Å². The van der Waals surface area contributed by atoms with E-state index in [9.17, 15) is 9.90 Å². The molecule has 7 heteroatoms. The van der Waals surface area contributed by atoms with Gasteiger partial charge in [0.25, 0.3) is 0 Å². The average Bonchev–Trinajstić information content (AvgIpc) is 2.99. The van der Waals surface area contributed by atoms with Crippen molar-refractivity contribution in [3.63, 3.8) is 0 Å². The Balaban J connectivity index is 2.16. The van der Waals surface area contributed by atoms with Crippen LogP contribution in [0.15, 0.2) is 35.7 Å². The Morgan fingerprint density at radius 1 is 1.28 bits per heavy atom. The first-order valence-electron chi connectivity index (χ1n) is 7.93. The highest BCUT2D eigenvalue weighted by molar-refractivity contribution is 7.17. The largest absolute Gasteiger partial charge is 0.480 e. The van der Waals surface area contributed by atoms with Crippen molar-refractivity contribution in [2.75, 3.05) is 19.4 Å². The van der Waals surface area contributed by atoms with Crippen LogP contribution in [0.4, 0.5) is 5.82 Å². The molecule has 3 rings (SSSR count). The number of benzene rings is 1. The molecule has 0 saturated carbocycles. The van der Waals surface area contributed by atoms with E-state index in [2.05, 4.69) is 15.3 Å². The third-order valence-electron chi connectivity index (χ3n) is 3.75. The van der Waals surface area contributed by atoms with E-state index in [1.807, 2.05) is 54.7 Å². The van der Waals surface area contributed by atoms with Gasteiger partial charge in [-0.3, -0.25) is 4.79 Å².